The van der Waals surface area contributed by atoms with Crippen molar-refractivity contribution in [2.24, 2.45) is 0 Å². The molecule has 0 fully saturated rings. The summed E-state index contributed by atoms with van der Waals surface area (Å²) in [5.41, 5.74) is 2.31. The number of benzene rings is 1. The molecule has 0 amide bonds. The second kappa shape index (κ2) is 7.06. The van der Waals surface area contributed by atoms with Crippen molar-refractivity contribution in [3.63, 3.8) is 0 Å². The van der Waals surface area contributed by atoms with Crippen molar-refractivity contribution in [3.8, 4) is 11.3 Å². The van der Waals surface area contributed by atoms with Gasteiger partial charge in [0, 0.05) is 16.0 Å². The van der Waals surface area contributed by atoms with E-state index in [1.165, 1.54) is 6.07 Å². The third-order valence-electron chi connectivity index (χ3n) is 4.21. The number of carboxylic acid groups (broad SMARTS) is 1. The van der Waals surface area contributed by atoms with Crippen LogP contribution in [0.3, 0.4) is 0 Å². The van der Waals surface area contributed by atoms with Crippen molar-refractivity contribution in [1.82, 2.24) is 9.97 Å². The van der Waals surface area contributed by atoms with E-state index in [0.29, 0.717) is 21.4 Å². The smallest absolute Gasteiger partial charge is 0.354 e. The van der Waals surface area contributed by atoms with Crippen molar-refractivity contribution in [2.75, 3.05) is 0 Å². The normalized spacial score (nSPS) is 11.4. The number of rotatable bonds is 4. The summed E-state index contributed by atoms with van der Waals surface area (Å²) in [6.07, 6.45) is 0. The zero-order valence-electron chi connectivity index (χ0n) is 14.2. The molecule has 0 bridgehead atoms. The van der Waals surface area contributed by atoms with Crippen LogP contribution in [0.1, 0.15) is 35.7 Å². The van der Waals surface area contributed by atoms with Crippen LogP contribution in [0.5, 0.6) is 0 Å². The highest BCUT2D eigenvalue weighted by Gasteiger charge is 2.27. The molecule has 0 aliphatic rings. The lowest BCUT2D eigenvalue weighted by Crippen LogP contribution is -2.23. The predicted octanol–water partition coefficient (Wildman–Crippen LogP) is 5.47. The number of pyridine rings is 2. The zero-order valence-corrected chi connectivity index (χ0v) is 15.7. The van der Waals surface area contributed by atoms with Crippen molar-refractivity contribution >= 4 is 29.2 Å². The van der Waals surface area contributed by atoms with Crippen molar-refractivity contribution in [3.05, 3.63) is 81.7 Å². The Balaban J connectivity index is 2.06. The van der Waals surface area contributed by atoms with E-state index < -0.39 is 11.4 Å². The molecular weight excluding hydrogens is 371 g/mol. The van der Waals surface area contributed by atoms with Crippen LogP contribution in [-0.4, -0.2) is 21.0 Å². The summed E-state index contributed by atoms with van der Waals surface area (Å²) in [5.74, 6) is -1.06. The van der Waals surface area contributed by atoms with Gasteiger partial charge in [-0.05, 0) is 56.3 Å². The Morgan fingerprint density at radius 3 is 2.27 bits per heavy atom. The van der Waals surface area contributed by atoms with Gasteiger partial charge in [0.2, 0.25) is 0 Å². The molecule has 0 spiro atoms. The minimum atomic E-state index is -1.06. The van der Waals surface area contributed by atoms with Gasteiger partial charge in [-0.2, -0.15) is 0 Å². The number of nitrogens with zero attached hydrogens (tertiary/aromatic N) is 2. The fourth-order valence-electron chi connectivity index (χ4n) is 2.66. The zero-order chi connectivity index (χ0) is 18.9. The maximum atomic E-state index is 11.2. The van der Waals surface area contributed by atoms with Crippen molar-refractivity contribution in [1.29, 1.82) is 0 Å². The number of aromatic carboxylic acids is 1. The van der Waals surface area contributed by atoms with Gasteiger partial charge in [0.15, 0.2) is 0 Å². The lowest BCUT2D eigenvalue weighted by Gasteiger charge is -2.24. The van der Waals surface area contributed by atoms with E-state index in [2.05, 4.69) is 4.98 Å². The number of carboxylic acids is 1. The lowest BCUT2D eigenvalue weighted by molar-refractivity contribution is 0.0690. The molecule has 6 heteroatoms. The summed E-state index contributed by atoms with van der Waals surface area (Å²) in [6, 6.07) is 15.9. The van der Waals surface area contributed by atoms with Gasteiger partial charge >= 0.3 is 5.97 Å². The Morgan fingerprint density at radius 1 is 0.962 bits per heavy atom. The Kier molecular flexibility index (Phi) is 4.99. The molecule has 26 heavy (non-hydrogen) atoms. The fraction of sp³-hybridized carbons (Fsp3) is 0.150. The number of halogens is 2. The highest BCUT2D eigenvalue weighted by atomic mass is 35.5. The monoisotopic (exact) mass is 386 g/mol. The van der Waals surface area contributed by atoms with Crippen molar-refractivity contribution in [2.45, 2.75) is 19.3 Å². The Labute approximate surface area is 161 Å². The third kappa shape index (κ3) is 3.57. The standard InChI is InChI=1S/C20H16Cl2N2O2/c1-20(2,18-8-4-6-16(24-18)19(25)26)17-7-3-5-15(23-17)13-10-9-12(21)11-14(13)22/h3-11H,1-2H3,(H,25,26). The number of aromatic nitrogens is 2. The van der Waals surface area contributed by atoms with E-state index in [1.807, 2.05) is 38.1 Å². The van der Waals surface area contributed by atoms with Gasteiger partial charge < -0.3 is 5.11 Å². The summed E-state index contributed by atoms with van der Waals surface area (Å²) in [4.78, 5) is 20.2. The van der Waals surface area contributed by atoms with E-state index in [4.69, 9.17) is 28.2 Å². The van der Waals surface area contributed by atoms with E-state index >= 15 is 0 Å². The molecule has 0 aliphatic heterocycles. The summed E-state index contributed by atoms with van der Waals surface area (Å²) in [7, 11) is 0. The van der Waals surface area contributed by atoms with Crippen LogP contribution in [0.2, 0.25) is 10.0 Å². The van der Waals surface area contributed by atoms with Crippen LogP contribution in [0, 0.1) is 0 Å². The molecule has 4 nitrogen and oxygen atoms in total. The Hall–Kier alpha value is -2.43. The minimum absolute atomic E-state index is 0.00692. The molecule has 3 rings (SSSR count). The van der Waals surface area contributed by atoms with E-state index in [1.54, 1.807) is 24.3 Å². The summed E-state index contributed by atoms with van der Waals surface area (Å²) >= 11 is 12.3. The van der Waals surface area contributed by atoms with Gasteiger partial charge in [-0.15, -0.1) is 0 Å². The average Bonchev–Trinajstić information content (AvgIpc) is 2.62. The first-order chi connectivity index (χ1) is 12.3. The molecule has 2 heterocycles. The van der Waals surface area contributed by atoms with Gasteiger partial charge in [-0.1, -0.05) is 35.3 Å². The van der Waals surface area contributed by atoms with E-state index in [-0.39, 0.29) is 5.69 Å². The molecule has 3 aromatic rings. The molecule has 0 aliphatic carbocycles. The SMILES string of the molecule is CC(C)(c1cccc(C(=O)O)n1)c1cccc(-c2ccc(Cl)cc2Cl)n1. The molecule has 132 valence electrons. The summed E-state index contributed by atoms with van der Waals surface area (Å²) < 4.78 is 0. The van der Waals surface area contributed by atoms with Gasteiger partial charge in [0.25, 0.3) is 0 Å². The molecule has 0 saturated carbocycles. The first-order valence-corrected chi connectivity index (χ1v) is 8.68. The Bertz CT molecular complexity index is 987. The summed E-state index contributed by atoms with van der Waals surface area (Å²) in [5, 5.41) is 10.3. The van der Waals surface area contributed by atoms with Crippen LogP contribution in [0.25, 0.3) is 11.3 Å². The van der Waals surface area contributed by atoms with E-state index in [0.717, 1.165) is 11.3 Å². The molecule has 1 aromatic carbocycles. The topological polar surface area (TPSA) is 63.1 Å². The molecule has 0 radical (unpaired) electrons. The molecule has 2 aromatic heterocycles. The maximum absolute atomic E-state index is 11.2. The first-order valence-electron chi connectivity index (χ1n) is 7.93. The molecule has 1 N–H and O–H groups in total. The molecule has 0 saturated heterocycles. The number of hydrogen-bond donors (Lipinski definition) is 1. The van der Waals surface area contributed by atoms with Crippen LogP contribution >= 0.6 is 23.2 Å². The van der Waals surface area contributed by atoms with E-state index in [9.17, 15) is 9.90 Å². The fourth-order valence-corrected chi connectivity index (χ4v) is 3.17. The predicted molar refractivity (Wildman–Crippen MR) is 103 cm³/mol. The maximum Gasteiger partial charge on any atom is 0.354 e. The van der Waals surface area contributed by atoms with Crippen LogP contribution in [0.15, 0.2) is 54.6 Å². The highest BCUT2D eigenvalue weighted by molar-refractivity contribution is 6.36. The van der Waals surface area contributed by atoms with Gasteiger partial charge in [-0.3, -0.25) is 4.98 Å². The van der Waals surface area contributed by atoms with Gasteiger partial charge in [0.1, 0.15) is 5.69 Å². The Morgan fingerprint density at radius 2 is 1.62 bits per heavy atom. The summed E-state index contributed by atoms with van der Waals surface area (Å²) in [6.45, 7) is 3.91. The quantitative estimate of drug-likeness (QED) is 0.644. The molecular formula is C20H16Cl2N2O2. The molecule has 0 atom stereocenters. The second-order valence-corrected chi connectivity index (χ2v) is 7.21. The van der Waals surface area contributed by atoms with Crippen LogP contribution in [-0.2, 0) is 5.41 Å². The number of carbonyl (C=O) groups is 1. The van der Waals surface area contributed by atoms with Gasteiger partial charge in [-0.25, -0.2) is 9.78 Å². The third-order valence-corrected chi connectivity index (χ3v) is 4.75. The minimum Gasteiger partial charge on any atom is -0.477 e. The first kappa shape index (κ1) is 18.4. The van der Waals surface area contributed by atoms with Crippen molar-refractivity contribution < 1.29 is 9.90 Å². The van der Waals surface area contributed by atoms with Crippen LogP contribution in [0.4, 0.5) is 0 Å². The molecule has 0 unspecified atom stereocenters. The largest absolute Gasteiger partial charge is 0.477 e. The van der Waals surface area contributed by atoms with Gasteiger partial charge in [0.05, 0.1) is 22.1 Å². The lowest BCUT2D eigenvalue weighted by atomic mass is 9.84. The second-order valence-electron chi connectivity index (χ2n) is 6.37. The van der Waals surface area contributed by atoms with Crippen LogP contribution < -0.4 is 0 Å². The highest BCUT2D eigenvalue weighted by Crippen LogP contribution is 2.33. The average molecular weight is 387 g/mol. The number of hydrogen-bond acceptors (Lipinski definition) is 3.